The highest BCUT2D eigenvalue weighted by Crippen LogP contribution is 2.12. The van der Waals surface area contributed by atoms with E-state index in [4.69, 9.17) is 0 Å². The van der Waals surface area contributed by atoms with Crippen LogP contribution in [0.25, 0.3) is 11.6 Å². The van der Waals surface area contributed by atoms with Crippen molar-refractivity contribution < 1.29 is 0 Å². The molecule has 0 nitrogen and oxygen atoms in total. The van der Waals surface area contributed by atoms with Crippen LogP contribution in [0.1, 0.15) is 25.0 Å². The lowest BCUT2D eigenvalue weighted by Crippen LogP contribution is -1.77. The van der Waals surface area contributed by atoms with E-state index in [0.717, 1.165) is 5.57 Å². The largest absolute Gasteiger partial charge is 0.0955 e. The van der Waals surface area contributed by atoms with Gasteiger partial charge in [0.25, 0.3) is 0 Å². The molecule has 0 unspecified atom stereocenters. The predicted octanol–water partition coefficient (Wildman–Crippen LogP) is 3.75. The lowest BCUT2D eigenvalue weighted by atomic mass is 10.1. The Balaban J connectivity index is 2.93. The fourth-order valence-electron chi connectivity index (χ4n) is 1.07. The van der Waals surface area contributed by atoms with Crippen LogP contribution in [0.2, 0.25) is 0 Å². The van der Waals surface area contributed by atoms with E-state index in [0.29, 0.717) is 0 Å². The van der Waals surface area contributed by atoms with Gasteiger partial charge in [0.15, 0.2) is 0 Å². The fraction of sp³-hybridized carbons (Fsp3) is 0.167. The normalized spacial score (nSPS) is 10.5. The molecule has 1 aromatic rings. The topological polar surface area (TPSA) is 0 Å². The van der Waals surface area contributed by atoms with Crippen molar-refractivity contribution in [1.82, 2.24) is 0 Å². The average molecular weight is 158 g/mol. The third-order valence-electron chi connectivity index (χ3n) is 1.76. The standard InChI is InChI=1S/C12H14/c1-4-5-11-6-8-12(9-7-11)10(2)3/h4-9H,2H2,1,3H3. The van der Waals surface area contributed by atoms with Gasteiger partial charge in [-0.25, -0.2) is 0 Å². The van der Waals surface area contributed by atoms with Gasteiger partial charge in [-0.3, -0.25) is 0 Å². The van der Waals surface area contributed by atoms with Gasteiger partial charge in [-0.15, -0.1) is 0 Å². The molecule has 0 amide bonds. The molecule has 0 atom stereocenters. The van der Waals surface area contributed by atoms with Crippen LogP contribution in [-0.2, 0) is 0 Å². The van der Waals surface area contributed by atoms with E-state index in [2.05, 4.69) is 36.9 Å². The van der Waals surface area contributed by atoms with E-state index < -0.39 is 0 Å². The first-order valence-electron chi connectivity index (χ1n) is 4.12. The van der Waals surface area contributed by atoms with Crippen molar-refractivity contribution in [3.8, 4) is 0 Å². The molecule has 0 aliphatic carbocycles. The molecule has 0 saturated carbocycles. The summed E-state index contributed by atoms with van der Waals surface area (Å²) >= 11 is 0. The Morgan fingerprint density at radius 2 is 1.83 bits per heavy atom. The van der Waals surface area contributed by atoms with Crippen LogP contribution >= 0.6 is 0 Å². The monoisotopic (exact) mass is 158 g/mol. The molecule has 0 aromatic heterocycles. The quantitative estimate of drug-likeness (QED) is 0.615. The molecule has 12 heavy (non-hydrogen) atoms. The minimum atomic E-state index is 1.11. The Labute approximate surface area is 74.2 Å². The maximum atomic E-state index is 3.88. The summed E-state index contributed by atoms with van der Waals surface area (Å²) in [6.45, 7) is 7.92. The first-order chi connectivity index (χ1) is 5.74. The van der Waals surface area contributed by atoms with Crippen LogP contribution in [0.5, 0.6) is 0 Å². The van der Waals surface area contributed by atoms with E-state index >= 15 is 0 Å². The second-order valence-corrected chi connectivity index (χ2v) is 2.90. The number of hydrogen-bond acceptors (Lipinski definition) is 0. The van der Waals surface area contributed by atoms with Gasteiger partial charge in [0.05, 0.1) is 0 Å². The van der Waals surface area contributed by atoms with Crippen LogP contribution < -0.4 is 0 Å². The summed E-state index contributed by atoms with van der Waals surface area (Å²) in [6, 6.07) is 8.39. The molecule has 0 radical (unpaired) electrons. The lowest BCUT2D eigenvalue weighted by molar-refractivity contribution is 1.56. The maximum Gasteiger partial charge on any atom is -0.0233 e. The Morgan fingerprint density at radius 1 is 1.25 bits per heavy atom. The number of rotatable bonds is 2. The van der Waals surface area contributed by atoms with Crippen molar-refractivity contribution in [2.24, 2.45) is 0 Å². The van der Waals surface area contributed by atoms with Gasteiger partial charge in [-0.05, 0) is 25.0 Å². The summed E-state index contributed by atoms with van der Waals surface area (Å²) in [5.74, 6) is 0. The molecular formula is C12H14. The third-order valence-corrected chi connectivity index (χ3v) is 1.76. The van der Waals surface area contributed by atoms with E-state index in [9.17, 15) is 0 Å². The second kappa shape index (κ2) is 3.91. The van der Waals surface area contributed by atoms with Crippen LogP contribution in [0.4, 0.5) is 0 Å². The van der Waals surface area contributed by atoms with Gasteiger partial charge < -0.3 is 0 Å². The smallest absolute Gasteiger partial charge is 0.0233 e. The van der Waals surface area contributed by atoms with Crippen LogP contribution in [0.3, 0.4) is 0 Å². The van der Waals surface area contributed by atoms with E-state index in [-0.39, 0.29) is 0 Å². The zero-order valence-electron chi connectivity index (χ0n) is 7.67. The van der Waals surface area contributed by atoms with Crippen molar-refractivity contribution in [3.63, 3.8) is 0 Å². The van der Waals surface area contributed by atoms with Gasteiger partial charge in [0.1, 0.15) is 0 Å². The third kappa shape index (κ3) is 2.09. The molecule has 0 saturated heterocycles. The van der Waals surface area contributed by atoms with Gasteiger partial charge in [0.2, 0.25) is 0 Å². The molecule has 0 bridgehead atoms. The summed E-state index contributed by atoms with van der Waals surface area (Å²) in [5, 5.41) is 0. The van der Waals surface area contributed by atoms with Crippen LogP contribution in [0, 0.1) is 0 Å². The molecule has 0 heterocycles. The summed E-state index contributed by atoms with van der Waals surface area (Å²) in [4.78, 5) is 0. The zero-order valence-corrected chi connectivity index (χ0v) is 7.67. The Morgan fingerprint density at radius 3 is 2.25 bits per heavy atom. The van der Waals surface area contributed by atoms with E-state index in [1.54, 1.807) is 0 Å². The lowest BCUT2D eigenvalue weighted by Gasteiger charge is -1.99. The van der Waals surface area contributed by atoms with Gasteiger partial charge in [-0.1, -0.05) is 48.6 Å². The van der Waals surface area contributed by atoms with Crippen molar-refractivity contribution >= 4 is 11.6 Å². The molecule has 0 aliphatic heterocycles. The maximum absolute atomic E-state index is 3.88. The van der Waals surface area contributed by atoms with Crippen molar-refractivity contribution in [1.29, 1.82) is 0 Å². The highest BCUT2D eigenvalue weighted by atomic mass is 14.0. The number of benzene rings is 1. The van der Waals surface area contributed by atoms with E-state index in [1.165, 1.54) is 11.1 Å². The molecule has 0 aliphatic rings. The number of allylic oxidation sites excluding steroid dienone is 2. The van der Waals surface area contributed by atoms with Crippen LogP contribution in [-0.4, -0.2) is 0 Å². The minimum Gasteiger partial charge on any atom is -0.0955 e. The minimum absolute atomic E-state index is 1.11. The Kier molecular flexibility index (Phi) is 2.87. The van der Waals surface area contributed by atoms with Gasteiger partial charge >= 0.3 is 0 Å². The van der Waals surface area contributed by atoms with Crippen molar-refractivity contribution in [2.75, 3.05) is 0 Å². The molecule has 0 spiro atoms. The van der Waals surface area contributed by atoms with Crippen molar-refractivity contribution in [3.05, 3.63) is 48.0 Å². The average Bonchev–Trinajstić information content (AvgIpc) is 2.06. The summed E-state index contributed by atoms with van der Waals surface area (Å²) < 4.78 is 0. The predicted molar refractivity (Wildman–Crippen MR) is 55.9 cm³/mol. The molecule has 0 N–H and O–H groups in total. The molecule has 1 rings (SSSR count). The molecular weight excluding hydrogens is 144 g/mol. The van der Waals surface area contributed by atoms with Crippen molar-refractivity contribution in [2.45, 2.75) is 13.8 Å². The Bertz CT molecular complexity index is 288. The van der Waals surface area contributed by atoms with Gasteiger partial charge in [0, 0.05) is 0 Å². The summed E-state index contributed by atoms with van der Waals surface area (Å²) in [6.07, 6.45) is 4.12. The summed E-state index contributed by atoms with van der Waals surface area (Å²) in [5.41, 5.74) is 3.56. The molecule has 1 aromatic carbocycles. The zero-order chi connectivity index (χ0) is 8.97. The number of hydrogen-bond donors (Lipinski definition) is 0. The SMILES string of the molecule is C=C(C)c1ccc(C=CC)cc1. The van der Waals surface area contributed by atoms with E-state index in [1.807, 2.05) is 19.9 Å². The van der Waals surface area contributed by atoms with Crippen LogP contribution in [0.15, 0.2) is 36.9 Å². The second-order valence-electron chi connectivity index (χ2n) is 2.90. The molecule has 0 fully saturated rings. The van der Waals surface area contributed by atoms with Gasteiger partial charge in [-0.2, -0.15) is 0 Å². The highest BCUT2D eigenvalue weighted by Gasteiger charge is 1.91. The molecule has 62 valence electrons. The fourth-order valence-corrected chi connectivity index (χ4v) is 1.07. The Hall–Kier alpha value is -1.30. The molecule has 0 heteroatoms. The first-order valence-corrected chi connectivity index (χ1v) is 4.12. The summed E-state index contributed by atoms with van der Waals surface area (Å²) in [7, 11) is 0. The first kappa shape index (κ1) is 8.79. The highest BCUT2D eigenvalue weighted by molar-refractivity contribution is 5.63.